The second-order valence-electron chi connectivity index (χ2n) is 5.44. The first kappa shape index (κ1) is 25.2. The maximum atomic E-state index is 11.0. The zero-order valence-electron chi connectivity index (χ0n) is 13.6. The molecule has 0 saturated carbocycles. The van der Waals surface area contributed by atoms with Crippen LogP contribution in [0.3, 0.4) is 0 Å². The minimum absolute atomic E-state index is 0. The highest BCUT2D eigenvalue weighted by Crippen LogP contribution is 2.34. The molecule has 146 valence electrons. The number of rotatable bonds is 7. The Kier molecular flexibility index (Phi) is 10.2. The van der Waals surface area contributed by atoms with E-state index in [1.807, 2.05) is 12.1 Å². The second-order valence-corrected chi connectivity index (χ2v) is 8.99. The fourth-order valence-corrected chi connectivity index (χ4v) is 3.14. The predicted molar refractivity (Wildman–Crippen MR) is 86.1 cm³/mol. The molecule has 0 bridgehead atoms. The van der Waals surface area contributed by atoms with Crippen molar-refractivity contribution < 1.29 is 62.7 Å². The summed E-state index contributed by atoms with van der Waals surface area (Å²) in [6.45, 7) is 0.395. The van der Waals surface area contributed by atoms with Crippen LogP contribution in [0.15, 0.2) is 49.1 Å². The lowest BCUT2D eigenvalue weighted by molar-refractivity contribution is -0.693. The third kappa shape index (κ3) is 9.21. The van der Waals surface area contributed by atoms with Gasteiger partial charge in [-0.05, 0) is 12.1 Å². The first-order chi connectivity index (χ1) is 11.1. The van der Waals surface area contributed by atoms with E-state index in [2.05, 4.69) is 0 Å². The zero-order valence-corrected chi connectivity index (χ0v) is 16.9. The van der Waals surface area contributed by atoms with Gasteiger partial charge in [-0.25, -0.2) is 9.13 Å². The Morgan fingerprint density at radius 1 is 0.731 bits per heavy atom. The lowest BCUT2D eigenvalue weighted by atomic mass is 10.1. The van der Waals surface area contributed by atoms with Gasteiger partial charge in [-0.15, -0.1) is 0 Å². The monoisotopic (exact) mass is 444 g/mol. The minimum Gasteiger partial charge on any atom is -1.00 e. The Bertz CT molecular complexity index is 744. The van der Waals surface area contributed by atoms with Gasteiger partial charge < -0.3 is 44.4 Å². The number of hydrogen-bond donors (Lipinski definition) is 4. The Hall–Kier alpha value is -0.820. The highest BCUT2D eigenvalue weighted by molar-refractivity contribution is 7.51. The molecule has 0 aliphatic rings. The molecule has 12 heteroatoms. The quantitative estimate of drug-likeness (QED) is 0.249. The molecule has 2 rings (SSSR count). The molecule has 26 heavy (non-hydrogen) atoms. The molecule has 0 unspecified atom stereocenters. The molecule has 2 heterocycles. The molecule has 0 fully saturated rings. The third-order valence-electron chi connectivity index (χ3n) is 3.35. The predicted octanol–water partition coefficient (Wildman–Crippen LogP) is -5.71. The van der Waals surface area contributed by atoms with Crippen molar-refractivity contribution in [3.8, 4) is 11.1 Å². The van der Waals surface area contributed by atoms with Gasteiger partial charge in [0.1, 0.15) is 12.3 Å². The van der Waals surface area contributed by atoms with Crippen LogP contribution < -0.4 is 33.9 Å². The van der Waals surface area contributed by atoms with E-state index in [0.717, 1.165) is 11.1 Å². The average molecular weight is 445 g/mol. The van der Waals surface area contributed by atoms with Gasteiger partial charge in [-0.3, -0.25) is 9.13 Å². The molecule has 0 spiro atoms. The summed E-state index contributed by atoms with van der Waals surface area (Å²) in [7, 11) is -8.10. The van der Waals surface area contributed by atoms with E-state index in [1.54, 1.807) is 46.1 Å². The fraction of sp³-hybridized carbons (Fsp3) is 0.286. The lowest BCUT2D eigenvalue weighted by Gasteiger charge is -2.04. The van der Waals surface area contributed by atoms with Crippen molar-refractivity contribution in [1.82, 2.24) is 0 Å². The molecule has 0 aliphatic heterocycles. The fourth-order valence-electron chi connectivity index (χ4n) is 2.16. The smallest absolute Gasteiger partial charge is 0.331 e. The standard InChI is InChI=1S/C14H18N2O6P2.2ClH/c17-23(18,19)9-7-15-5-1-3-13(11-15)14-4-2-6-16(12-14)8-10-24(20,21)22;;/h1-6,11-12H,7-10H2,(H2-2,17,18,19,20,21,22);2*1H. The topological polar surface area (TPSA) is 123 Å². The van der Waals surface area contributed by atoms with Gasteiger partial charge in [-0.2, -0.15) is 0 Å². The maximum absolute atomic E-state index is 11.0. The molecule has 4 N–H and O–H groups in total. The summed E-state index contributed by atoms with van der Waals surface area (Å²) in [5.41, 5.74) is 1.68. The van der Waals surface area contributed by atoms with E-state index in [0.29, 0.717) is 0 Å². The van der Waals surface area contributed by atoms with E-state index >= 15 is 0 Å². The van der Waals surface area contributed by atoms with Gasteiger partial charge in [0.05, 0.1) is 11.1 Å². The van der Waals surface area contributed by atoms with Crippen molar-refractivity contribution >= 4 is 15.2 Å². The van der Waals surface area contributed by atoms with Gasteiger partial charge in [0.2, 0.25) is 0 Å². The van der Waals surface area contributed by atoms with Crippen LogP contribution in [0, 0.1) is 0 Å². The van der Waals surface area contributed by atoms with Crippen molar-refractivity contribution in [3.05, 3.63) is 49.1 Å². The molecular formula is C14H20Cl2N2O6P2. The Labute approximate surface area is 163 Å². The molecule has 8 nitrogen and oxygen atoms in total. The number of aryl methyl sites for hydroxylation is 2. The van der Waals surface area contributed by atoms with Crippen molar-refractivity contribution in [1.29, 1.82) is 0 Å². The normalized spacial score (nSPS) is 11.4. The first-order valence-electron chi connectivity index (χ1n) is 7.20. The van der Waals surface area contributed by atoms with Gasteiger partial charge in [0, 0.05) is 12.1 Å². The average Bonchev–Trinajstić information content (AvgIpc) is 2.50. The van der Waals surface area contributed by atoms with Gasteiger partial charge in [0.25, 0.3) is 0 Å². The summed E-state index contributed by atoms with van der Waals surface area (Å²) < 4.78 is 25.3. The molecule has 0 radical (unpaired) electrons. The summed E-state index contributed by atoms with van der Waals surface area (Å²) >= 11 is 0. The molecule has 2 aromatic rings. The Balaban J connectivity index is 0.00000312. The Morgan fingerprint density at radius 3 is 1.38 bits per heavy atom. The van der Waals surface area contributed by atoms with E-state index in [9.17, 15) is 9.13 Å². The lowest BCUT2D eigenvalue weighted by Crippen LogP contribution is -3.00. The van der Waals surface area contributed by atoms with Crippen LogP contribution in [0.5, 0.6) is 0 Å². The largest absolute Gasteiger partial charge is 1.00 e. The van der Waals surface area contributed by atoms with Crippen LogP contribution in [0.25, 0.3) is 11.1 Å². The van der Waals surface area contributed by atoms with Crippen LogP contribution in [0.1, 0.15) is 0 Å². The number of hydrogen-bond acceptors (Lipinski definition) is 2. The molecule has 0 amide bonds. The van der Waals surface area contributed by atoms with E-state index < -0.39 is 15.2 Å². The summed E-state index contributed by atoms with van der Waals surface area (Å²) in [4.78, 5) is 35.8. The van der Waals surface area contributed by atoms with E-state index in [1.165, 1.54) is 0 Å². The molecule has 0 aliphatic carbocycles. The van der Waals surface area contributed by atoms with Crippen molar-refractivity contribution in [2.75, 3.05) is 12.3 Å². The minimum atomic E-state index is -4.05. The summed E-state index contributed by atoms with van der Waals surface area (Å²) in [5.74, 6) is 0. The van der Waals surface area contributed by atoms with Crippen LogP contribution in [-0.4, -0.2) is 31.9 Å². The molecule has 0 saturated heterocycles. The number of aromatic nitrogens is 2. The second kappa shape index (κ2) is 10.5. The van der Waals surface area contributed by atoms with E-state index in [4.69, 9.17) is 19.6 Å². The van der Waals surface area contributed by atoms with Crippen molar-refractivity contribution in [3.63, 3.8) is 0 Å². The third-order valence-corrected chi connectivity index (χ3v) is 4.91. The van der Waals surface area contributed by atoms with Gasteiger partial charge >= 0.3 is 15.2 Å². The number of halogens is 2. The van der Waals surface area contributed by atoms with Crippen LogP contribution in [0.4, 0.5) is 0 Å². The maximum Gasteiger partial charge on any atom is 0.331 e. The molecule has 0 aromatic carbocycles. The van der Waals surface area contributed by atoms with Gasteiger partial charge in [0.15, 0.2) is 37.9 Å². The first-order valence-corrected chi connectivity index (χ1v) is 10.8. The number of pyridine rings is 2. The van der Waals surface area contributed by atoms with Crippen LogP contribution in [0.2, 0.25) is 0 Å². The van der Waals surface area contributed by atoms with Crippen LogP contribution >= 0.6 is 15.2 Å². The summed E-state index contributed by atoms with van der Waals surface area (Å²) in [6, 6.07) is 7.28. The van der Waals surface area contributed by atoms with Crippen molar-refractivity contribution in [2.45, 2.75) is 13.1 Å². The number of nitrogens with zero attached hydrogens (tertiary/aromatic N) is 2. The summed E-state index contributed by atoms with van der Waals surface area (Å²) in [5, 5.41) is 0. The molecule has 0 atom stereocenters. The molecule has 2 aromatic heterocycles. The highest BCUT2D eigenvalue weighted by Gasteiger charge is 2.18. The zero-order chi connectivity index (χ0) is 17.8. The summed E-state index contributed by atoms with van der Waals surface area (Å²) in [6.07, 6.45) is 6.53. The highest BCUT2D eigenvalue weighted by atomic mass is 35.5. The van der Waals surface area contributed by atoms with Gasteiger partial charge in [-0.1, -0.05) is 0 Å². The SMILES string of the molecule is O=P(O)(O)CC[n+]1cccc(-c2ccc[n+](CCP(=O)(O)O)c2)c1.[Cl-].[Cl-]. The Morgan fingerprint density at radius 2 is 1.08 bits per heavy atom. The van der Waals surface area contributed by atoms with Crippen LogP contribution in [-0.2, 0) is 22.2 Å². The van der Waals surface area contributed by atoms with Crippen molar-refractivity contribution in [2.24, 2.45) is 0 Å². The molecular weight excluding hydrogens is 425 g/mol. The van der Waals surface area contributed by atoms with E-state index in [-0.39, 0.29) is 50.2 Å².